The van der Waals surface area contributed by atoms with E-state index in [-0.39, 0.29) is 5.91 Å². The van der Waals surface area contributed by atoms with Gasteiger partial charge in [-0.3, -0.25) is 9.10 Å². The highest BCUT2D eigenvalue weighted by molar-refractivity contribution is 7.92. The number of hydrogen-bond acceptors (Lipinski definition) is 3. The van der Waals surface area contributed by atoms with Crippen molar-refractivity contribution in [2.24, 2.45) is 5.92 Å². The number of benzene rings is 1. The highest BCUT2D eigenvalue weighted by atomic mass is 32.2. The minimum absolute atomic E-state index is 0.264. The summed E-state index contributed by atoms with van der Waals surface area (Å²) in [6, 6.07) is 6.65. The summed E-state index contributed by atoms with van der Waals surface area (Å²) >= 11 is 0. The molecule has 0 saturated carbocycles. The van der Waals surface area contributed by atoms with Crippen LogP contribution in [-0.4, -0.2) is 34.2 Å². The first-order valence-corrected chi connectivity index (χ1v) is 7.89. The van der Waals surface area contributed by atoms with Crippen LogP contribution in [0.3, 0.4) is 0 Å². The molecule has 0 aliphatic rings. The molecule has 0 atom stereocenters. The summed E-state index contributed by atoms with van der Waals surface area (Å²) < 4.78 is 24.2. The zero-order valence-corrected chi connectivity index (χ0v) is 12.5. The van der Waals surface area contributed by atoms with E-state index in [1.807, 2.05) is 13.8 Å². The van der Waals surface area contributed by atoms with Crippen LogP contribution in [0, 0.1) is 5.92 Å². The summed E-state index contributed by atoms with van der Waals surface area (Å²) in [7, 11) is -1.96. The number of sulfonamides is 1. The Kier molecular flexibility index (Phi) is 4.94. The smallest absolute Gasteiger partial charge is 0.253 e. The van der Waals surface area contributed by atoms with Gasteiger partial charge >= 0.3 is 0 Å². The van der Waals surface area contributed by atoms with Crippen molar-refractivity contribution >= 4 is 21.6 Å². The maximum absolute atomic E-state index is 12.1. The maximum atomic E-state index is 12.1. The van der Waals surface area contributed by atoms with E-state index in [4.69, 9.17) is 0 Å². The molecule has 106 valence electrons. The van der Waals surface area contributed by atoms with E-state index in [0.717, 1.165) is 10.6 Å². The second-order valence-electron chi connectivity index (χ2n) is 4.85. The van der Waals surface area contributed by atoms with Crippen molar-refractivity contribution in [1.29, 1.82) is 0 Å². The van der Waals surface area contributed by atoms with Crippen molar-refractivity contribution in [3.05, 3.63) is 29.8 Å². The largest absolute Gasteiger partial charge is 0.352 e. The summed E-state index contributed by atoms with van der Waals surface area (Å²) in [4.78, 5) is 12.1. The first kappa shape index (κ1) is 15.5. The van der Waals surface area contributed by atoms with Crippen LogP contribution in [0.1, 0.15) is 24.2 Å². The number of para-hydroxylation sites is 1. The summed E-state index contributed by atoms with van der Waals surface area (Å²) in [6.45, 7) is 4.54. The maximum Gasteiger partial charge on any atom is 0.253 e. The van der Waals surface area contributed by atoms with Crippen LogP contribution < -0.4 is 9.62 Å². The molecule has 0 unspecified atom stereocenters. The van der Waals surface area contributed by atoms with Crippen LogP contribution in [0.15, 0.2) is 24.3 Å². The second-order valence-corrected chi connectivity index (χ2v) is 6.87. The molecule has 1 amide bonds. The standard InChI is InChI=1S/C13H20N2O3S/c1-10(2)9-14-13(16)11-7-5-6-8-12(11)15(3)19(4,17)18/h5-8,10H,9H2,1-4H3,(H,14,16). The molecule has 6 heteroatoms. The lowest BCUT2D eigenvalue weighted by atomic mass is 10.1. The van der Waals surface area contributed by atoms with E-state index in [9.17, 15) is 13.2 Å². The highest BCUT2D eigenvalue weighted by Gasteiger charge is 2.19. The second kappa shape index (κ2) is 6.06. The molecule has 0 aromatic heterocycles. The first-order chi connectivity index (χ1) is 8.73. The number of nitrogens with one attached hydrogen (secondary N) is 1. The monoisotopic (exact) mass is 284 g/mol. The van der Waals surface area contributed by atoms with Crippen LogP contribution >= 0.6 is 0 Å². The normalized spacial score (nSPS) is 11.4. The molecule has 19 heavy (non-hydrogen) atoms. The SMILES string of the molecule is CC(C)CNC(=O)c1ccccc1N(C)S(C)(=O)=O. The van der Waals surface area contributed by atoms with Gasteiger partial charge in [-0.25, -0.2) is 8.42 Å². The molecule has 0 aliphatic carbocycles. The lowest BCUT2D eigenvalue weighted by Crippen LogP contribution is -2.31. The Morgan fingerprint density at radius 3 is 2.42 bits per heavy atom. The van der Waals surface area contributed by atoms with E-state index in [1.165, 1.54) is 7.05 Å². The van der Waals surface area contributed by atoms with Gasteiger partial charge in [-0.1, -0.05) is 26.0 Å². The Morgan fingerprint density at radius 1 is 1.32 bits per heavy atom. The quantitative estimate of drug-likeness (QED) is 0.890. The van der Waals surface area contributed by atoms with Crippen molar-refractivity contribution in [2.45, 2.75) is 13.8 Å². The van der Waals surface area contributed by atoms with Crippen LogP contribution in [0.4, 0.5) is 5.69 Å². The third kappa shape index (κ3) is 4.24. The molecule has 0 saturated heterocycles. The Morgan fingerprint density at radius 2 is 1.89 bits per heavy atom. The van der Waals surface area contributed by atoms with Crippen molar-refractivity contribution in [1.82, 2.24) is 5.32 Å². The molecule has 1 N–H and O–H groups in total. The molecule has 0 heterocycles. The summed E-state index contributed by atoms with van der Waals surface area (Å²) in [5, 5.41) is 2.78. The Bertz CT molecular complexity index is 553. The fraction of sp³-hybridized carbons (Fsp3) is 0.462. The van der Waals surface area contributed by atoms with Crippen molar-refractivity contribution in [2.75, 3.05) is 24.2 Å². The predicted octanol–water partition coefficient (Wildman–Crippen LogP) is 1.47. The minimum atomic E-state index is -3.39. The fourth-order valence-electron chi connectivity index (χ4n) is 1.51. The van der Waals surface area contributed by atoms with Gasteiger partial charge in [0.15, 0.2) is 0 Å². The van der Waals surface area contributed by atoms with Crippen LogP contribution in [0.2, 0.25) is 0 Å². The van der Waals surface area contributed by atoms with Crippen molar-refractivity contribution in [3.63, 3.8) is 0 Å². The molecule has 1 aromatic rings. The highest BCUT2D eigenvalue weighted by Crippen LogP contribution is 2.21. The third-order valence-electron chi connectivity index (χ3n) is 2.66. The Balaban J connectivity index is 3.06. The molecule has 5 nitrogen and oxygen atoms in total. The van der Waals surface area contributed by atoms with Gasteiger partial charge in [-0.2, -0.15) is 0 Å². The van der Waals surface area contributed by atoms with E-state index < -0.39 is 10.0 Å². The Hall–Kier alpha value is -1.56. The van der Waals surface area contributed by atoms with Gasteiger partial charge in [-0.15, -0.1) is 0 Å². The number of anilines is 1. The number of rotatable bonds is 5. The van der Waals surface area contributed by atoms with Gasteiger partial charge in [0, 0.05) is 13.6 Å². The first-order valence-electron chi connectivity index (χ1n) is 6.04. The van der Waals surface area contributed by atoms with Crippen molar-refractivity contribution in [3.8, 4) is 0 Å². The zero-order valence-electron chi connectivity index (χ0n) is 11.7. The minimum Gasteiger partial charge on any atom is -0.352 e. The summed E-state index contributed by atoms with van der Waals surface area (Å²) in [5.74, 6) is 0.0727. The predicted molar refractivity (Wildman–Crippen MR) is 76.9 cm³/mol. The van der Waals surface area contributed by atoms with Crippen molar-refractivity contribution < 1.29 is 13.2 Å². The molecule has 0 bridgehead atoms. The van der Waals surface area contributed by atoms with E-state index in [2.05, 4.69) is 5.32 Å². The molecular formula is C13H20N2O3S. The lowest BCUT2D eigenvalue weighted by molar-refractivity contribution is 0.0949. The van der Waals surface area contributed by atoms with Gasteiger partial charge in [0.2, 0.25) is 10.0 Å². The van der Waals surface area contributed by atoms with Crippen LogP contribution in [-0.2, 0) is 10.0 Å². The summed E-state index contributed by atoms with van der Waals surface area (Å²) in [6.07, 6.45) is 1.11. The third-order valence-corrected chi connectivity index (χ3v) is 3.85. The molecule has 0 radical (unpaired) electrons. The van der Waals surface area contributed by atoms with Gasteiger partial charge < -0.3 is 5.32 Å². The molecular weight excluding hydrogens is 264 g/mol. The molecule has 0 spiro atoms. The number of nitrogens with zero attached hydrogens (tertiary/aromatic N) is 1. The molecule has 0 fully saturated rings. The van der Waals surface area contributed by atoms with Gasteiger partial charge in [0.1, 0.15) is 0 Å². The van der Waals surface area contributed by atoms with Gasteiger partial charge in [0.05, 0.1) is 17.5 Å². The molecule has 1 aromatic carbocycles. The number of hydrogen-bond donors (Lipinski definition) is 1. The number of carbonyl (C=O) groups is 1. The number of carbonyl (C=O) groups excluding carboxylic acids is 1. The molecule has 1 rings (SSSR count). The van der Waals surface area contributed by atoms with E-state index in [0.29, 0.717) is 23.7 Å². The van der Waals surface area contributed by atoms with Gasteiger partial charge in [-0.05, 0) is 18.1 Å². The topological polar surface area (TPSA) is 66.5 Å². The van der Waals surface area contributed by atoms with E-state index >= 15 is 0 Å². The summed E-state index contributed by atoms with van der Waals surface area (Å²) in [5.41, 5.74) is 0.738. The average Bonchev–Trinajstić information content (AvgIpc) is 2.33. The fourth-order valence-corrected chi connectivity index (χ4v) is 2.03. The number of amides is 1. The molecule has 0 aliphatic heterocycles. The lowest BCUT2D eigenvalue weighted by Gasteiger charge is -2.20. The van der Waals surface area contributed by atoms with Crippen LogP contribution in [0.5, 0.6) is 0 Å². The van der Waals surface area contributed by atoms with Crippen LogP contribution in [0.25, 0.3) is 0 Å². The average molecular weight is 284 g/mol. The van der Waals surface area contributed by atoms with Gasteiger partial charge in [0.25, 0.3) is 5.91 Å². The Labute approximate surface area is 114 Å². The van der Waals surface area contributed by atoms with E-state index in [1.54, 1.807) is 24.3 Å². The zero-order chi connectivity index (χ0) is 14.6.